The largest absolute Gasteiger partial charge is 0.495 e. The van der Waals surface area contributed by atoms with Crippen molar-refractivity contribution in [1.82, 2.24) is 5.32 Å². The lowest BCUT2D eigenvalue weighted by molar-refractivity contribution is 0.415. The highest BCUT2D eigenvalue weighted by Crippen LogP contribution is 2.31. The predicted molar refractivity (Wildman–Crippen MR) is 85.4 cm³/mol. The molecule has 2 aromatic rings. The summed E-state index contributed by atoms with van der Waals surface area (Å²) in [6.45, 7) is 4.57. The standard InChI is InChI=1S/C17H19ClFNO/c1-11(2)20-10-14-8-12(5-7-16(14)19)13-4-6-15(18)17(9-13)21-3/h4-9,11,20H,10H2,1-3H3. The molecule has 1 N–H and O–H groups in total. The monoisotopic (exact) mass is 307 g/mol. The Morgan fingerprint density at radius 2 is 1.81 bits per heavy atom. The molecule has 0 aromatic heterocycles. The first kappa shape index (κ1) is 15.8. The number of methoxy groups -OCH3 is 1. The molecule has 21 heavy (non-hydrogen) atoms. The smallest absolute Gasteiger partial charge is 0.138 e. The summed E-state index contributed by atoms with van der Waals surface area (Å²) in [5.41, 5.74) is 2.53. The van der Waals surface area contributed by atoms with Gasteiger partial charge in [-0.15, -0.1) is 0 Å². The van der Waals surface area contributed by atoms with Crippen molar-refractivity contribution in [2.24, 2.45) is 0 Å². The SMILES string of the molecule is COc1cc(-c2ccc(F)c(CNC(C)C)c2)ccc1Cl. The first-order valence-corrected chi connectivity index (χ1v) is 7.24. The van der Waals surface area contributed by atoms with Crippen LogP contribution in [-0.4, -0.2) is 13.2 Å². The van der Waals surface area contributed by atoms with E-state index in [4.69, 9.17) is 16.3 Å². The molecule has 2 nitrogen and oxygen atoms in total. The fourth-order valence-electron chi connectivity index (χ4n) is 2.04. The molecular weight excluding hydrogens is 289 g/mol. The van der Waals surface area contributed by atoms with Crippen molar-refractivity contribution in [3.63, 3.8) is 0 Å². The second-order valence-electron chi connectivity index (χ2n) is 5.19. The van der Waals surface area contributed by atoms with Gasteiger partial charge in [-0.1, -0.05) is 37.6 Å². The summed E-state index contributed by atoms with van der Waals surface area (Å²) in [6.07, 6.45) is 0. The van der Waals surface area contributed by atoms with Crippen LogP contribution in [0, 0.1) is 5.82 Å². The third-order valence-electron chi connectivity index (χ3n) is 3.23. The Bertz CT molecular complexity index is 628. The lowest BCUT2D eigenvalue weighted by Gasteiger charge is -2.11. The van der Waals surface area contributed by atoms with E-state index in [1.54, 1.807) is 19.2 Å². The van der Waals surface area contributed by atoms with Crippen LogP contribution in [0.3, 0.4) is 0 Å². The zero-order valence-electron chi connectivity index (χ0n) is 12.4. The summed E-state index contributed by atoms with van der Waals surface area (Å²) < 4.78 is 19.1. The van der Waals surface area contributed by atoms with E-state index in [1.165, 1.54) is 6.07 Å². The minimum absolute atomic E-state index is 0.201. The Kier molecular flexibility index (Phi) is 5.21. The lowest BCUT2D eigenvalue weighted by atomic mass is 10.0. The molecule has 0 aliphatic carbocycles. The van der Waals surface area contributed by atoms with Crippen molar-refractivity contribution in [2.75, 3.05) is 7.11 Å². The lowest BCUT2D eigenvalue weighted by Crippen LogP contribution is -2.22. The van der Waals surface area contributed by atoms with Crippen molar-refractivity contribution in [1.29, 1.82) is 0 Å². The fourth-order valence-corrected chi connectivity index (χ4v) is 2.24. The van der Waals surface area contributed by atoms with Crippen molar-refractivity contribution >= 4 is 11.6 Å². The summed E-state index contributed by atoms with van der Waals surface area (Å²) in [6, 6.07) is 11.0. The van der Waals surface area contributed by atoms with Crippen LogP contribution in [0.5, 0.6) is 5.75 Å². The highest BCUT2D eigenvalue weighted by Gasteiger charge is 2.08. The van der Waals surface area contributed by atoms with Gasteiger partial charge < -0.3 is 10.1 Å². The molecule has 0 bridgehead atoms. The molecule has 0 saturated heterocycles. The zero-order valence-corrected chi connectivity index (χ0v) is 13.2. The summed E-state index contributed by atoms with van der Waals surface area (Å²) in [4.78, 5) is 0. The Hall–Kier alpha value is -1.58. The summed E-state index contributed by atoms with van der Waals surface area (Å²) in [5, 5.41) is 3.79. The van der Waals surface area contributed by atoms with Gasteiger partial charge in [0.1, 0.15) is 11.6 Å². The van der Waals surface area contributed by atoms with Crippen LogP contribution in [-0.2, 0) is 6.54 Å². The fraction of sp³-hybridized carbons (Fsp3) is 0.294. The molecule has 0 fully saturated rings. The molecule has 2 rings (SSSR count). The number of hydrogen-bond donors (Lipinski definition) is 1. The second-order valence-corrected chi connectivity index (χ2v) is 5.60. The molecule has 0 aliphatic heterocycles. The third-order valence-corrected chi connectivity index (χ3v) is 3.54. The minimum Gasteiger partial charge on any atom is -0.495 e. The molecule has 2 aromatic carbocycles. The third kappa shape index (κ3) is 3.96. The maximum Gasteiger partial charge on any atom is 0.138 e. The molecule has 0 spiro atoms. The van der Waals surface area contributed by atoms with Crippen LogP contribution < -0.4 is 10.1 Å². The Labute approximate surface area is 129 Å². The summed E-state index contributed by atoms with van der Waals surface area (Å²) >= 11 is 6.03. The van der Waals surface area contributed by atoms with Crippen LogP contribution in [0.2, 0.25) is 5.02 Å². The zero-order chi connectivity index (χ0) is 15.4. The normalized spacial score (nSPS) is 11.0. The van der Waals surface area contributed by atoms with Gasteiger partial charge >= 0.3 is 0 Å². The second kappa shape index (κ2) is 6.92. The van der Waals surface area contributed by atoms with E-state index in [-0.39, 0.29) is 5.82 Å². The predicted octanol–water partition coefficient (Wildman–Crippen LogP) is 4.65. The molecule has 0 radical (unpaired) electrons. The maximum atomic E-state index is 13.9. The number of benzene rings is 2. The van der Waals surface area contributed by atoms with Crippen LogP contribution >= 0.6 is 11.6 Å². The molecule has 0 aliphatic rings. The quantitative estimate of drug-likeness (QED) is 0.868. The molecule has 0 amide bonds. The number of ether oxygens (including phenoxy) is 1. The van der Waals surface area contributed by atoms with E-state index < -0.39 is 0 Å². The van der Waals surface area contributed by atoms with Gasteiger partial charge in [-0.3, -0.25) is 0 Å². The van der Waals surface area contributed by atoms with E-state index in [0.717, 1.165) is 11.1 Å². The Morgan fingerprint density at radius 3 is 2.48 bits per heavy atom. The molecule has 0 saturated carbocycles. The van der Waals surface area contributed by atoms with Crippen molar-refractivity contribution < 1.29 is 9.13 Å². The number of rotatable bonds is 5. The molecule has 0 heterocycles. The number of hydrogen-bond acceptors (Lipinski definition) is 2. The van der Waals surface area contributed by atoms with Crippen LogP contribution in [0.25, 0.3) is 11.1 Å². The van der Waals surface area contributed by atoms with Gasteiger partial charge in [0.15, 0.2) is 0 Å². The highest BCUT2D eigenvalue weighted by atomic mass is 35.5. The molecule has 0 unspecified atom stereocenters. The van der Waals surface area contributed by atoms with Gasteiger partial charge in [-0.2, -0.15) is 0 Å². The summed E-state index contributed by atoms with van der Waals surface area (Å²) in [5.74, 6) is 0.410. The van der Waals surface area contributed by atoms with Crippen molar-refractivity contribution in [3.8, 4) is 16.9 Å². The molecular formula is C17H19ClFNO. The van der Waals surface area contributed by atoms with Crippen molar-refractivity contribution in [2.45, 2.75) is 26.4 Å². The van der Waals surface area contributed by atoms with Gasteiger partial charge in [0.05, 0.1) is 12.1 Å². The first-order chi connectivity index (χ1) is 10.0. The maximum absolute atomic E-state index is 13.9. The molecule has 0 atom stereocenters. The van der Waals surface area contributed by atoms with E-state index in [1.807, 2.05) is 32.0 Å². The Balaban J connectivity index is 2.33. The average Bonchev–Trinajstić information content (AvgIpc) is 2.47. The van der Waals surface area contributed by atoms with Gasteiger partial charge in [0, 0.05) is 18.2 Å². The van der Waals surface area contributed by atoms with Gasteiger partial charge in [0.2, 0.25) is 0 Å². The van der Waals surface area contributed by atoms with Gasteiger partial charge in [-0.25, -0.2) is 4.39 Å². The molecule has 4 heteroatoms. The number of nitrogens with one attached hydrogen (secondary N) is 1. The van der Waals surface area contributed by atoms with Crippen LogP contribution in [0.1, 0.15) is 19.4 Å². The van der Waals surface area contributed by atoms with Crippen LogP contribution in [0.15, 0.2) is 36.4 Å². The highest BCUT2D eigenvalue weighted by molar-refractivity contribution is 6.32. The van der Waals surface area contributed by atoms with Gasteiger partial charge in [-0.05, 0) is 35.4 Å². The number of halogens is 2. The first-order valence-electron chi connectivity index (χ1n) is 6.87. The van der Waals surface area contributed by atoms with Gasteiger partial charge in [0.25, 0.3) is 0 Å². The van der Waals surface area contributed by atoms with Crippen LogP contribution in [0.4, 0.5) is 4.39 Å². The van der Waals surface area contributed by atoms with E-state index in [2.05, 4.69) is 5.32 Å². The Morgan fingerprint density at radius 1 is 1.14 bits per heavy atom. The van der Waals surface area contributed by atoms with E-state index in [9.17, 15) is 4.39 Å². The topological polar surface area (TPSA) is 21.3 Å². The van der Waals surface area contributed by atoms with Crippen molar-refractivity contribution in [3.05, 3.63) is 52.8 Å². The van der Waals surface area contributed by atoms with E-state index in [0.29, 0.717) is 28.9 Å². The minimum atomic E-state index is -0.201. The average molecular weight is 308 g/mol. The molecule has 112 valence electrons. The van der Waals surface area contributed by atoms with E-state index >= 15 is 0 Å². The summed E-state index contributed by atoms with van der Waals surface area (Å²) in [7, 11) is 1.58.